The highest BCUT2D eigenvalue weighted by Crippen LogP contribution is 2.25. The highest BCUT2D eigenvalue weighted by Gasteiger charge is 2.11. The van der Waals surface area contributed by atoms with Gasteiger partial charge in [-0.25, -0.2) is 9.37 Å². The van der Waals surface area contributed by atoms with Crippen molar-refractivity contribution in [3.05, 3.63) is 64.4 Å². The first-order valence-electron chi connectivity index (χ1n) is 6.97. The molecule has 4 heteroatoms. The standard InChI is InChI=1S/C17H17FN2S/c1-11(19-2)12-7-8-14(18)13(9-12)10-17-20-15-5-3-4-6-16(15)21-17/h3-9,11,19H,10H2,1-2H3. The van der Waals surface area contributed by atoms with Gasteiger partial charge in [-0.05, 0) is 43.3 Å². The highest BCUT2D eigenvalue weighted by molar-refractivity contribution is 7.18. The van der Waals surface area contributed by atoms with Gasteiger partial charge in [0.2, 0.25) is 0 Å². The van der Waals surface area contributed by atoms with Crippen LogP contribution in [0.4, 0.5) is 4.39 Å². The van der Waals surface area contributed by atoms with Gasteiger partial charge in [0.05, 0.1) is 15.2 Å². The van der Waals surface area contributed by atoms with E-state index in [0.717, 1.165) is 20.8 Å². The average Bonchev–Trinajstić information content (AvgIpc) is 2.91. The van der Waals surface area contributed by atoms with Gasteiger partial charge in [0.25, 0.3) is 0 Å². The molecule has 0 radical (unpaired) electrons. The number of nitrogens with zero attached hydrogens (tertiary/aromatic N) is 1. The van der Waals surface area contributed by atoms with E-state index < -0.39 is 0 Å². The number of fused-ring (bicyclic) bond motifs is 1. The molecule has 0 saturated heterocycles. The van der Waals surface area contributed by atoms with Crippen molar-refractivity contribution in [1.29, 1.82) is 0 Å². The highest BCUT2D eigenvalue weighted by atomic mass is 32.1. The molecule has 1 N–H and O–H groups in total. The number of hydrogen-bond acceptors (Lipinski definition) is 3. The van der Waals surface area contributed by atoms with E-state index >= 15 is 0 Å². The Morgan fingerprint density at radius 2 is 2.05 bits per heavy atom. The van der Waals surface area contributed by atoms with Crippen molar-refractivity contribution >= 4 is 21.6 Å². The van der Waals surface area contributed by atoms with Crippen LogP contribution in [0, 0.1) is 5.82 Å². The molecular weight excluding hydrogens is 283 g/mol. The monoisotopic (exact) mass is 300 g/mol. The lowest BCUT2D eigenvalue weighted by molar-refractivity contribution is 0.605. The van der Waals surface area contributed by atoms with Crippen LogP contribution in [0.25, 0.3) is 10.2 Å². The predicted octanol–water partition coefficient (Wildman–Crippen LogP) is 4.31. The Labute approximate surface area is 127 Å². The molecule has 2 nitrogen and oxygen atoms in total. The fourth-order valence-electron chi connectivity index (χ4n) is 2.32. The summed E-state index contributed by atoms with van der Waals surface area (Å²) in [7, 11) is 1.90. The summed E-state index contributed by atoms with van der Waals surface area (Å²) < 4.78 is 15.2. The van der Waals surface area contributed by atoms with Crippen LogP contribution in [-0.2, 0) is 6.42 Å². The Morgan fingerprint density at radius 1 is 1.24 bits per heavy atom. The van der Waals surface area contributed by atoms with Crippen molar-refractivity contribution in [3.8, 4) is 0 Å². The van der Waals surface area contributed by atoms with E-state index in [1.165, 1.54) is 0 Å². The van der Waals surface area contributed by atoms with E-state index in [4.69, 9.17) is 0 Å². The van der Waals surface area contributed by atoms with Crippen molar-refractivity contribution < 1.29 is 4.39 Å². The Morgan fingerprint density at radius 3 is 2.81 bits per heavy atom. The van der Waals surface area contributed by atoms with Crippen LogP contribution < -0.4 is 5.32 Å². The molecule has 0 aliphatic rings. The zero-order chi connectivity index (χ0) is 14.8. The molecule has 3 aromatic rings. The maximum atomic E-state index is 14.0. The van der Waals surface area contributed by atoms with E-state index in [-0.39, 0.29) is 11.9 Å². The topological polar surface area (TPSA) is 24.9 Å². The summed E-state index contributed by atoms with van der Waals surface area (Å²) in [6, 6.07) is 13.5. The van der Waals surface area contributed by atoms with Gasteiger partial charge >= 0.3 is 0 Å². The van der Waals surface area contributed by atoms with Crippen LogP contribution in [0.1, 0.15) is 29.1 Å². The summed E-state index contributed by atoms with van der Waals surface area (Å²) >= 11 is 1.63. The minimum atomic E-state index is -0.165. The lowest BCUT2D eigenvalue weighted by Crippen LogP contribution is -2.12. The zero-order valence-corrected chi connectivity index (χ0v) is 12.9. The van der Waals surface area contributed by atoms with Gasteiger partial charge in [-0.3, -0.25) is 0 Å². The number of hydrogen-bond donors (Lipinski definition) is 1. The van der Waals surface area contributed by atoms with Crippen molar-refractivity contribution in [2.24, 2.45) is 0 Å². The second kappa shape index (κ2) is 5.92. The second-order valence-electron chi connectivity index (χ2n) is 5.11. The maximum Gasteiger partial charge on any atom is 0.126 e. The molecule has 3 rings (SSSR count). The van der Waals surface area contributed by atoms with Crippen LogP contribution in [-0.4, -0.2) is 12.0 Å². The summed E-state index contributed by atoms with van der Waals surface area (Å²) in [6.45, 7) is 2.06. The molecule has 0 bridgehead atoms. The van der Waals surface area contributed by atoms with E-state index in [1.807, 2.05) is 43.4 Å². The molecule has 1 heterocycles. The first-order valence-corrected chi connectivity index (χ1v) is 7.79. The second-order valence-corrected chi connectivity index (χ2v) is 6.23. The molecule has 1 aromatic heterocycles. The van der Waals surface area contributed by atoms with Gasteiger partial charge < -0.3 is 5.32 Å². The summed E-state index contributed by atoms with van der Waals surface area (Å²) in [5.74, 6) is -0.165. The van der Waals surface area contributed by atoms with Crippen LogP contribution >= 0.6 is 11.3 Å². The third kappa shape index (κ3) is 2.96. The van der Waals surface area contributed by atoms with E-state index in [2.05, 4.69) is 17.2 Å². The SMILES string of the molecule is CNC(C)c1ccc(F)c(Cc2nc3ccccc3s2)c1. The van der Waals surface area contributed by atoms with Crippen LogP contribution in [0.2, 0.25) is 0 Å². The Kier molecular flexibility index (Phi) is 3.99. The third-order valence-electron chi connectivity index (χ3n) is 3.68. The van der Waals surface area contributed by atoms with E-state index in [0.29, 0.717) is 12.0 Å². The summed E-state index contributed by atoms with van der Waals surface area (Å²) in [5.41, 5.74) is 2.78. The number of benzene rings is 2. The molecule has 0 spiro atoms. The molecular formula is C17H17FN2S. The zero-order valence-electron chi connectivity index (χ0n) is 12.1. The smallest absolute Gasteiger partial charge is 0.126 e. The number of para-hydroxylation sites is 1. The number of nitrogens with one attached hydrogen (secondary N) is 1. The molecule has 0 aliphatic carbocycles. The minimum Gasteiger partial charge on any atom is -0.313 e. The van der Waals surface area contributed by atoms with Gasteiger partial charge in [0.15, 0.2) is 0 Å². The minimum absolute atomic E-state index is 0.165. The molecule has 1 unspecified atom stereocenters. The Hall–Kier alpha value is -1.78. The van der Waals surface area contributed by atoms with Crippen molar-refractivity contribution in [2.75, 3.05) is 7.05 Å². The third-order valence-corrected chi connectivity index (χ3v) is 4.72. The Balaban J connectivity index is 1.93. The number of aromatic nitrogens is 1. The van der Waals surface area contributed by atoms with E-state index in [1.54, 1.807) is 17.4 Å². The van der Waals surface area contributed by atoms with Crippen LogP contribution in [0.15, 0.2) is 42.5 Å². The summed E-state index contributed by atoms with van der Waals surface area (Å²) in [6.07, 6.45) is 0.537. The van der Waals surface area contributed by atoms with Gasteiger partial charge in [-0.2, -0.15) is 0 Å². The maximum absolute atomic E-state index is 14.0. The van der Waals surface area contributed by atoms with Gasteiger partial charge in [-0.15, -0.1) is 11.3 Å². The molecule has 0 saturated carbocycles. The normalized spacial score (nSPS) is 12.7. The summed E-state index contributed by atoms with van der Waals surface area (Å²) in [4.78, 5) is 4.58. The quantitative estimate of drug-likeness (QED) is 0.777. The molecule has 108 valence electrons. The predicted molar refractivity (Wildman–Crippen MR) is 86.3 cm³/mol. The molecule has 21 heavy (non-hydrogen) atoms. The fourth-order valence-corrected chi connectivity index (χ4v) is 3.31. The number of halogens is 1. The van der Waals surface area contributed by atoms with Crippen molar-refractivity contribution in [1.82, 2.24) is 10.3 Å². The molecule has 0 amide bonds. The van der Waals surface area contributed by atoms with Gasteiger partial charge in [0.1, 0.15) is 5.82 Å². The van der Waals surface area contributed by atoms with Crippen molar-refractivity contribution in [3.63, 3.8) is 0 Å². The van der Waals surface area contributed by atoms with Crippen LogP contribution in [0.3, 0.4) is 0 Å². The first kappa shape index (κ1) is 14.2. The number of rotatable bonds is 4. The lowest BCUT2D eigenvalue weighted by Gasteiger charge is -2.12. The summed E-state index contributed by atoms with van der Waals surface area (Å²) in [5, 5.41) is 4.13. The van der Waals surface area contributed by atoms with Crippen LogP contribution in [0.5, 0.6) is 0 Å². The molecule has 0 fully saturated rings. The Bertz CT molecular complexity index is 733. The van der Waals surface area contributed by atoms with Crippen molar-refractivity contribution in [2.45, 2.75) is 19.4 Å². The molecule has 2 aromatic carbocycles. The first-order chi connectivity index (χ1) is 10.2. The fraction of sp³-hybridized carbons (Fsp3) is 0.235. The average molecular weight is 300 g/mol. The van der Waals surface area contributed by atoms with Gasteiger partial charge in [-0.1, -0.05) is 24.3 Å². The molecule has 1 atom stereocenters. The lowest BCUT2D eigenvalue weighted by atomic mass is 10.0. The molecule has 0 aliphatic heterocycles. The number of thiazole rings is 1. The van der Waals surface area contributed by atoms with E-state index in [9.17, 15) is 4.39 Å². The largest absolute Gasteiger partial charge is 0.313 e. The van der Waals surface area contributed by atoms with Gasteiger partial charge in [0, 0.05) is 12.5 Å².